The van der Waals surface area contributed by atoms with E-state index in [4.69, 9.17) is 34.8 Å². The molecule has 0 fully saturated rings. The van der Waals surface area contributed by atoms with Gasteiger partial charge in [0.1, 0.15) is 31.6 Å². The number of benzene rings is 2. The maximum atomic E-state index is 13.4. The van der Waals surface area contributed by atoms with Crippen LogP contribution < -0.4 is 109 Å². The first-order valence-corrected chi connectivity index (χ1v) is 23.1. The van der Waals surface area contributed by atoms with Crippen molar-refractivity contribution in [3.63, 3.8) is 0 Å². The number of nitrogens with one attached hydrogen (secondary N) is 1. The molecular formula is C27H25Cl3N9Na3O13S4. The molecule has 1 amide bonds. The largest absolute Gasteiger partial charge is 1.00 e. The number of amides is 1. The van der Waals surface area contributed by atoms with Crippen molar-refractivity contribution in [3.05, 3.63) is 47.7 Å². The minimum Gasteiger partial charge on any atom is -0.744 e. The van der Waals surface area contributed by atoms with Gasteiger partial charge in [-0.05, 0) is 41.9 Å². The molecule has 2 heterocycles. The molecule has 0 saturated carbocycles. The molecule has 1 aliphatic heterocycles. The quantitative estimate of drug-likeness (QED) is 0.0504. The number of hydrazone groups is 1. The van der Waals surface area contributed by atoms with Crippen LogP contribution in [-0.2, 0) is 49.5 Å². The molecule has 304 valence electrons. The summed E-state index contributed by atoms with van der Waals surface area (Å²) in [7, 11) is -18.0. The maximum Gasteiger partial charge on any atom is 1.00 e. The molecule has 0 radical (unpaired) electrons. The number of halogens is 3. The van der Waals surface area contributed by atoms with Gasteiger partial charge in [-0.3, -0.25) is 4.79 Å². The van der Waals surface area contributed by atoms with E-state index in [0.717, 1.165) is 24.3 Å². The number of rotatable bonds is 19. The van der Waals surface area contributed by atoms with E-state index in [-0.39, 0.29) is 142 Å². The van der Waals surface area contributed by atoms with Crippen LogP contribution in [0.25, 0.3) is 0 Å². The molecule has 1 unspecified atom stereocenters. The zero-order valence-electron chi connectivity index (χ0n) is 30.9. The van der Waals surface area contributed by atoms with Crippen LogP contribution in [0.4, 0.5) is 29.0 Å². The number of carboxylic acids is 1. The van der Waals surface area contributed by atoms with Gasteiger partial charge in [-0.2, -0.15) is 35.3 Å². The van der Waals surface area contributed by atoms with E-state index < -0.39 is 107 Å². The first kappa shape index (κ1) is 55.9. The predicted octanol–water partition coefficient (Wildman–Crippen LogP) is -9.19. The van der Waals surface area contributed by atoms with E-state index in [2.05, 4.69) is 35.6 Å². The van der Waals surface area contributed by atoms with Gasteiger partial charge in [0, 0.05) is 30.5 Å². The summed E-state index contributed by atoms with van der Waals surface area (Å²) in [6.45, 7) is -0.655. The van der Waals surface area contributed by atoms with E-state index in [0.29, 0.717) is 6.07 Å². The Bertz CT molecular complexity index is 2510. The molecule has 2 aromatic carbocycles. The number of carbonyl (C=O) groups excluding carboxylic acids is 2. The van der Waals surface area contributed by atoms with Gasteiger partial charge >= 0.3 is 88.7 Å². The second-order valence-electron chi connectivity index (χ2n) is 11.1. The summed E-state index contributed by atoms with van der Waals surface area (Å²) in [5.41, 5.74) is -2.71. The van der Waals surface area contributed by atoms with Gasteiger partial charge in [-0.25, -0.2) is 33.7 Å². The van der Waals surface area contributed by atoms with Crippen LogP contribution in [-0.4, -0.2) is 129 Å². The minimum absolute atomic E-state index is 0. The second-order valence-corrected chi connectivity index (χ2v) is 19.5. The number of anilines is 4. The number of carboxylic acid groups (broad SMARTS) is 1. The summed E-state index contributed by atoms with van der Waals surface area (Å²) in [6, 6.07) is 4.81. The average molecular weight is 987 g/mol. The third-order valence-electron chi connectivity index (χ3n) is 7.25. The Labute approximate surface area is 419 Å². The predicted molar refractivity (Wildman–Crippen MR) is 196 cm³/mol. The molecule has 1 N–H and O–H groups in total. The average Bonchev–Trinajstić information content (AvgIpc) is 3.42. The molecule has 1 atom stereocenters. The van der Waals surface area contributed by atoms with Crippen LogP contribution in [0, 0.1) is 0 Å². The van der Waals surface area contributed by atoms with Crippen LogP contribution in [0.1, 0.15) is 0 Å². The van der Waals surface area contributed by atoms with E-state index in [9.17, 15) is 57.5 Å². The molecule has 4 rings (SSSR count). The van der Waals surface area contributed by atoms with Crippen molar-refractivity contribution in [2.45, 2.75) is 15.8 Å². The van der Waals surface area contributed by atoms with E-state index in [1.165, 1.54) is 17.0 Å². The Balaban J connectivity index is 0.00000580. The molecule has 0 bridgehead atoms. The van der Waals surface area contributed by atoms with E-state index in [1.54, 1.807) is 0 Å². The monoisotopic (exact) mass is 985 g/mol. The first-order chi connectivity index (χ1) is 26.0. The summed E-state index contributed by atoms with van der Waals surface area (Å²) in [5.74, 6) is -6.35. The number of azo groups is 1. The fraction of sp³-hybridized carbons (Fsp3) is 0.333. The normalized spacial score (nSPS) is 14.5. The minimum atomic E-state index is -5.52. The Hall–Kier alpha value is -1.15. The number of sulfone groups is 2. The molecule has 59 heavy (non-hydrogen) atoms. The number of hydrogen-bond acceptors (Lipinski definition) is 21. The van der Waals surface area contributed by atoms with Crippen LogP contribution in [0.3, 0.4) is 0 Å². The molecule has 32 heteroatoms. The SMILES string of the molecule is O=C([O-])C1=NN(c2ccc(Nc3nc(Cl)nc(N(CCS(=O)(=O)CCCl)CCS(=O)(=O)CCCl)n3)cc2S(=O)(=O)[O-])C(=O)C1N=Nc1ccccc1S(=O)(=O)[O-].[Na+].[Na+].[Na+]. The van der Waals surface area contributed by atoms with Crippen molar-refractivity contribution >= 4 is 121 Å². The van der Waals surface area contributed by atoms with Crippen molar-refractivity contribution in [3.8, 4) is 0 Å². The number of aliphatic carboxylic acids is 1. The van der Waals surface area contributed by atoms with Crippen LogP contribution in [0.2, 0.25) is 5.28 Å². The van der Waals surface area contributed by atoms with Crippen molar-refractivity contribution in [1.82, 2.24) is 15.0 Å². The third kappa shape index (κ3) is 15.9. The molecule has 1 aliphatic rings. The molecule has 3 aromatic rings. The third-order valence-corrected chi connectivity index (χ3v) is 13.3. The Morgan fingerprint density at radius 2 is 1.37 bits per heavy atom. The molecule has 22 nitrogen and oxygen atoms in total. The summed E-state index contributed by atoms with van der Waals surface area (Å²) >= 11 is 17.3. The van der Waals surface area contributed by atoms with Crippen molar-refractivity contribution in [2.75, 3.05) is 63.1 Å². The van der Waals surface area contributed by atoms with Gasteiger partial charge in [-0.15, -0.1) is 23.2 Å². The maximum absolute atomic E-state index is 13.4. The fourth-order valence-corrected chi connectivity index (χ4v) is 9.36. The summed E-state index contributed by atoms with van der Waals surface area (Å²) < 4.78 is 122. The molecule has 0 aliphatic carbocycles. The number of hydrogen-bond donors (Lipinski definition) is 1. The van der Waals surface area contributed by atoms with Gasteiger partial charge < -0.3 is 29.2 Å². The molecule has 0 saturated heterocycles. The Morgan fingerprint density at radius 1 is 0.814 bits per heavy atom. The van der Waals surface area contributed by atoms with Gasteiger partial charge in [0.25, 0.3) is 5.91 Å². The zero-order valence-corrected chi connectivity index (χ0v) is 42.5. The zero-order chi connectivity index (χ0) is 41.6. The van der Waals surface area contributed by atoms with Gasteiger partial charge in [0.15, 0.2) is 25.7 Å². The summed E-state index contributed by atoms with van der Waals surface area (Å²) in [4.78, 5) is 36.4. The van der Waals surface area contributed by atoms with E-state index >= 15 is 0 Å². The smallest absolute Gasteiger partial charge is 0.744 e. The fourth-order valence-electron chi connectivity index (χ4n) is 4.63. The van der Waals surface area contributed by atoms with E-state index in [1.807, 2.05) is 0 Å². The number of nitrogens with zero attached hydrogens (tertiary/aromatic N) is 8. The molecule has 1 aromatic heterocycles. The summed E-state index contributed by atoms with van der Waals surface area (Å²) in [5, 5.41) is 24.8. The summed E-state index contributed by atoms with van der Waals surface area (Å²) in [6.07, 6.45) is 0. The number of aromatic nitrogens is 3. The van der Waals surface area contributed by atoms with Crippen LogP contribution >= 0.6 is 34.8 Å². The van der Waals surface area contributed by atoms with Gasteiger partial charge in [0.2, 0.25) is 17.2 Å². The van der Waals surface area contributed by atoms with Gasteiger partial charge in [0.05, 0.1) is 44.5 Å². The van der Waals surface area contributed by atoms with Crippen molar-refractivity contribution in [1.29, 1.82) is 0 Å². The van der Waals surface area contributed by atoms with Crippen LogP contribution in [0.5, 0.6) is 0 Å². The Kier molecular flexibility index (Phi) is 22.3. The van der Waals surface area contributed by atoms with Crippen molar-refractivity contribution in [2.24, 2.45) is 15.3 Å². The van der Waals surface area contributed by atoms with Crippen molar-refractivity contribution < 1.29 is 146 Å². The van der Waals surface area contributed by atoms with Crippen LogP contribution in [0.15, 0.2) is 67.6 Å². The number of carbonyl (C=O) groups is 2. The standard InChI is InChI=1S/C27H28Cl3N9O13S4.3Na/c28-7-11-53(43,44)13-9-38(10-14-54(45,46)12-8-29)27-33-25(30)32-26(34-27)31-16-5-6-18(20(15-16)56(50,51)52)39-23(40)21(22(37-39)24(41)42)36-35-17-3-1-2-4-19(17)55(47,48)49;;;/h1-6,15,21H,7-14H2,(H,41,42)(H,47,48,49)(H,50,51,52)(H,31,32,33,34);;;/q;3*+1/p-3. The topological polar surface area (TPSA) is 334 Å². The molecule has 0 spiro atoms. The second kappa shape index (κ2) is 23.5. The first-order valence-electron chi connectivity index (χ1n) is 15.2. The number of alkyl halides is 2. The Morgan fingerprint density at radius 3 is 1.90 bits per heavy atom. The van der Waals surface area contributed by atoms with Gasteiger partial charge in [-0.1, -0.05) is 12.1 Å². The molecular weight excluding hydrogens is 962 g/mol.